The van der Waals surface area contributed by atoms with Gasteiger partial charge in [0.15, 0.2) is 0 Å². The van der Waals surface area contributed by atoms with Crippen LogP contribution in [0.1, 0.15) is 37.3 Å². The summed E-state index contributed by atoms with van der Waals surface area (Å²) in [6.07, 6.45) is 0. The van der Waals surface area contributed by atoms with E-state index in [0.29, 0.717) is 12.6 Å². The molecule has 0 bridgehead atoms. The third-order valence-electron chi connectivity index (χ3n) is 2.69. The molecule has 1 aromatic rings. The summed E-state index contributed by atoms with van der Waals surface area (Å²) in [6.45, 7) is 9.58. The van der Waals surface area contributed by atoms with E-state index in [4.69, 9.17) is 0 Å². The van der Waals surface area contributed by atoms with Crippen LogP contribution in [-0.2, 0) is 4.79 Å². The van der Waals surface area contributed by atoms with E-state index in [0.717, 1.165) is 6.54 Å². The van der Waals surface area contributed by atoms with E-state index in [1.165, 1.54) is 10.4 Å². The van der Waals surface area contributed by atoms with Crippen molar-refractivity contribution in [2.45, 2.75) is 33.7 Å². The van der Waals surface area contributed by atoms with Crippen LogP contribution in [0.15, 0.2) is 11.4 Å². The quantitative estimate of drug-likeness (QED) is 0.766. The third-order valence-corrected chi connectivity index (χ3v) is 3.90. The number of amides is 1. The maximum Gasteiger partial charge on any atom is 0.222 e. The van der Waals surface area contributed by atoms with Crippen molar-refractivity contribution < 1.29 is 4.79 Å². The van der Waals surface area contributed by atoms with E-state index < -0.39 is 0 Å². The number of carbonyl (C=O) groups excluding carboxylic acids is 1. The van der Waals surface area contributed by atoms with Gasteiger partial charge in [-0.2, -0.15) is 0 Å². The summed E-state index contributed by atoms with van der Waals surface area (Å²) >= 11 is 1.78. The molecule has 17 heavy (non-hydrogen) atoms. The Morgan fingerprint density at radius 1 is 1.35 bits per heavy atom. The first-order valence-electron chi connectivity index (χ1n) is 6.07. The molecule has 1 atom stereocenters. The zero-order valence-corrected chi connectivity index (χ0v) is 11.9. The molecule has 0 aliphatic heterocycles. The summed E-state index contributed by atoms with van der Waals surface area (Å²) in [7, 11) is 0. The van der Waals surface area contributed by atoms with Crippen molar-refractivity contribution in [2.24, 2.45) is 5.92 Å². The molecular formula is C13H22N2OS. The minimum absolute atomic E-state index is 0.0620. The van der Waals surface area contributed by atoms with Gasteiger partial charge in [-0.25, -0.2) is 0 Å². The van der Waals surface area contributed by atoms with Crippen LogP contribution in [0.2, 0.25) is 0 Å². The summed E-state index contributed by atoms with van der Waals surface area (Å²) in [4.78, 5) is 12.7. The first-order valence-corrected chi connectivity index (χ1v) is 6.95. The lowest BCUT2D eigenvalue weighted by atomic mass is 10.2. The third kappa shape index (κ3) is 4.48. The van der Waals surface area contributed by atoms with Gasteiger partial charge in [-0.05, 0) is 30.9 Å². The zero-order chi connectivity index (χ0) is 12.8. The molecule has 3 nitrogen and oxygen atoms in total. The van der Waals surface area contributed by atoms with Crippen molar-refractivity contribution in [3.63, 3.8) is 0 Å². The van der Waals surface area contributed by atoms with E-state index in [2.05, 4.69) is 35.9 Å². The lowest BCUT2D eigenvalue weighted by Crippen LogP contribution is -2.34. The van der Waals surface area contributed by atoms with Crippen molar-refractivity contribution in [1.29, 1.82) is 0 Å². The van der Waals surface area contributed by atoms with Crippen LogP contribution in [0, 0.1) is 12.8 Å². The van der Waals surface area contributed by atoms with Gasteiger partial charge in [-0.15, -0.1) is 11.3 Å². The molecular weight excluding hydrogens is 232 g/mol. The van der Waals surface area contributed by atoms with E-state index in [-0.39, 0.29) is 11.8 Å². The fourth-order valence-electron chi connectivity index (χ4n) is 1.60. The predicted molar refractivity (Wildman–Crippen MR) is 73.3 cm³/mol. The highest BCUT2D eigenvalue weighted by Gasteiger charge is 2.09. The van der Waals surface area contributed by atoms with E-state index >= 15 is 0 Å². The average Bonchev–Trinajstić information content (AvgIpc) is 2.70. The molecule has 1 rings (SSSR count). The normalized spacial score (nSPS) is 12.8. The Bertz CT molecular complexity index is 360. The van der Waals surface area contributed by atoms with Crippen molar-refractivity contribution in [1.82, 2.24) is 10.6 Å². The molecule has 4 heteroatoms. The Hall–Kier alpha value is -0.870. The number of aryl methyl sites for hydroxylation is 1. The largest absolute Gasteiger partial charge is 0.355 e. The molecule has 0 radical (unpaired) electrons. The first kappa shape index (κ1) is 14.2. The van der Waals surface area contributed by atoms with Crippen LogP contribution in [0.4, 0.5) is 0 Å². The fraction of sp³-hybridized carbons (Fsp3) is 0.615. The van der Waals surface area contributed by atoms with Crippen LogP contribution in [-0.4, -0.2) is 19.0 Å². The molecule has 1 aromatic heterocycles. The Morgan fingerprint density at radius 2 is 2.06 bits per heavy atom. The van der Waals surface area contributed by atoms with Crippen LogP contribution >= 0.6 is 11.3 Å². The van der Waals surface area contributed by atoms with Gasteiger partial charge in [-0.1, -0.05) is 13.8 Å². The molecule has 0 aliphatic carbocycles. The number of thiophene rings is 1. The Morgan fingerprint density at radius 3 is 2.59 bits per heavy atom. The Labute approximate surface area is 108 Å². The van der Waals surface area contributed by atoms with E-state index in [1.807, 2.05) is 13.8 Å². The molecule has 0 fully saturated rings. The SMILES string of the molecule is Cc1ccsc1C(C)NCCNC(=O)C(C)C. The number of hydrogen-bond acceptors (Lipinski definition) is 3. The zero-order valence-electron chi connectivity index (χ0n) is 11.0. The van der Waals surface area contributed by atoms with Gasteiger partial charge in [0.1, 0.15) is 0 Å². The number of rotatable bonds is 6. The van der Waals surface area contributed by atoms with Gasteiger partial charge in [0, 0.05) is 29.9 Å². The van der Waals surface area contributed by atoms with Gasteiger partial charge in [-0.3, -0.25) is 4.79 Å². The molecule has 1 unspecified atom stereocenters. The van der Waals surface area contributed by atoms with Crippen LogP contribution in [0.25, 0.3) is 0 Å². The lowest BCUT2D eigenvalue weighted by Gasteiger charge is -2.14. The van der Waals surface area contributed by atoms with Crippen molar-refractivity contribution in [3.05, 3.63) is 21.9 Å². The smallest absolute Gasteiger partial charge is 0.222 e. The van der Waals surface area contributed by atoms with E-state index in [9.17, 15) is 4.79 Å². The minimum atomic E-state index is 0.0620. The van der Waals surface area contributed by atoms with Gasteiger partial charge in [0.05, 0.1) is 0 Å². The summed E-state index contributed by atoms with van der Waals surface area (Å²) in [5.74, 6) is 0.179. The van der Waals surface area contributed by atoms with Crippen LogP contribution in [0.3, 0.4) is 0 Å². The van der Waals surface area contributed by atoms with Crippen molar-refractivity contribution in [2.75, 3.05) is 13.1 Å². The summed E-state index contributed by atoms with van der Waals surface area (Å²) in [6, 6.07) is 2.49. The topological polar surface area (TPSA) is 41.1 Å². The minimum Gasteiger partial charge on any atom is -0.355 e. The molecule has 0 spiro atoms. The molecule has 0 saturated heterocycles. The second-order valence-electron chi connectivity index (χ2n) is 4.59. The molecule has 0 aliphatic rings. The highest BCUT2D eigenvalue weighted by molar-refractivity contribution is 7.10. The average molecular weight is 254 g/mol. The first-order chi connectivity index (χ1) is 8.02. The number of nitrogens with one attached hydrogen (secondary N) is 2. The van der Waals surface area contributed by atoms with Crippen LogP contribution < -0.4 is 10.6 Å². The van der Waals surface area contributed by atoms with Crippen molar-refractivity contribution >= 4 is 17.2 Å². The summed E-state index contributed by atoms with van der Waals surface area (Å²) in [5, 5.41) is 8.43. The van der Waals surface area contributed by atoms with Crippen molar-refractivity contribution in [3.8, 4) is 0 Å². The maximum absolute atomic E-state index is 11.3. The number of carbonyl (C=O) groups is 1. The lowest BCUT2D eigenvalue weighted by molar-refractivity contribution is -0.123. The monoisotopic (exact) mass is 254 g/mol. The summed E-state index contributed by atoms with van der Waals surface area (Å²) < 4.78 is 0. The number of hydrogen-bond donors (Lipinski definition) is 2. The second-order valence-corrected chi connectivity index (χ2v) is 5.54. The predicted octanol–water partition coefficient (Wildman–Crippen LogP) is 2.48. The molecule has 1 heterocycles. The van der Waals surface area contributed by atoms with Gasteiger partial charge >= 0.3 is 0 Å². The Kier molecular flexibility index (Phi) is 5.65. The van der Waals surface area contributed by atoms with Crippen LogP contribution in [0.5, 0.6) is 0 Å². The standard InChI is InChI=1S/C13H22N2OS/c1-9(2)13(16)15-7-6-14-11(4)12-10(3)5-8-17-12/h5,8-9,11,14H,6-7H2,1-4H3,(H,15,16). The molecule has 0 saturated carbocycles. The molecule has 0 aromatic carbocycles. The van der Waals surface area contributed by atoms with Gasteiger partial charge in [0.25, 0.3) is 0 Å². The Balaban J connectivity index is 2.24. The second kappa shape index (κ2) is 6.77. The van der Waals surface area contributed by atoms with Gasteiger partial charge in [0.2, 0.25) is 5.91 Å². The maximum atomic E-state index is 11.3. The molecule has 96 valence electrons. The highest BCUT2D eigenvalue weighted by Crippen LogP contribution is 2.22. The fourth-order valence-corrected chi connectivity index (χ4v) is 2.56. The highest BCUT2D eigenvalue weighted by atomic mass is 32.1. The molecule has 2 N–H and O–H groups in total. The van der Waals surface area contributed by atoms with Gasteiger partial charge < -0.3 is 10.6 Å². The summed E-state index contributed by atoms with van der Waals surface area (Å²) in [5.41, 5.74) is 1.33. The van der Waals surface area contributed by atoms with E-state index in [1.54, 1.807) is 11.3 Å². The molecule has 1 amide bonds.